The summed E-state index contributed by atoms with van der Waals surface area (Å²) in [4.78, 5) is 4.67. The summed E-state index contributed by atoms with van der Waals surface area (Å²) in [5.41, 5.74) is 1.19. The number of nitrogens with one attached hydrogen (secondary N) is 2. The van der Waals surface area contributed by atoms with Crippen LogP contribution in [0.4, 0.5) is 0 Å². The van der Waals surface area contributed by atoms with Gasteiger partial charge in [0, 0.05) is 32.6 Å². The number of methoxy groups -OCH3 is 1. The molecule has 1 aromatic carbocycles. The largest absolute Gasteiger partial charge is 0.496 e. The molecule has 2 N–H and O–H groups in total. The summed E-state index contributed by atoms with van der Waals surface area (Å²) in [6, 6.07) is 8.12. The van der Waals surface area contributed by atoms with E-state index in [1.54, 1.807) is 13.4 Å². The van der Waals surface area contributed by atoms with E-state index < -0.39 is 0 Å². The van der Waals surface area contributed by atoms with Crippen molar-refractivity contribution in [2.75, 3.05) is 26.7 Å². The quantitative estimate of drug-likeness (QED) is 0.215. The minimum atomic E-state index is 0. The number of benzene rings is 1. The summed E-state index contributed by atoms with van der Waals surface area (Å²) in [6.45, 7) is 7.48. The number of ether oxygens (including phenoxy) is 1. The Morgan fingerprint density at radius 1 is 1.18 bits per heavy atom. The second kappa shape index (κ2) is 14.2. The van der Waals surface area contributed by atoms with Gasteiger partial charge in [-0.05, 0) is 24.5 Å². The number of unbranched alkanes of at least 4 members (excludes halogenated alkanes) is 1. The average molecular weight is 500 g/mol. The molecule has 0 amide bonds. The zero-order chi connectivity index (χ0) is 19.3. The Labute approximate surface area is 185 Å². The topological polar surface area (TPSA) is 76.4 Å². The summed E-state index contributed by atoms with van der Waals surface area (Å²) in [5.74, 6) is 2.78. The van der Waals surface area contributed by atoms with Crippen molar-refractivity contribution < 1.29 is 4.74 Å². The predicted molar refractivity (Wildman–Crippen MR) is 125 cm³/mol. The second-order valence-corrected chi connectivity index (χ2v) is 6.29. The second-order valence-electron chi connectivity index (χ2n) is 6.29. The molecule has 0 spiro atoms. The van der Waals surface area contributed by atoms with E-state index in [0.29, 0.717) is 0 Å². The summed E-state index contributed by atoms with van der Waals surface area (Å²) >= 11 is 0. The van der Waals surface area contributed by atoms with Gasteiger partial charge in [-0.25, -0.2) is 0 Å². The lowest BCUT2D eigenvalue weighted by Crippen LogP contribution is -2.40. The first-order valence-electron chi connectivity index (χ1n) is 9.79. The smallest absolute Gasteiger partial charge is 0.191 e. The molecule has 0 aliphatic heterocycles. The van der Waals surface area contributed by atoms with Crippen molar-refractivity contribution in [3.8, 4) is 5.75 Å². The van der Waals surface area contributed by atoms with Crippen molar-refractivity contribution in [2.45, 2.75) is 46.1 Å². The lowest BCUT2D eigenvalue weighted by Gasteiger charge is -2.14. The highest BCUT2D eigenvalue weighted by Crippen LogP contribution is 2.17. The maximum Gasteiger partial charge on any atom is 0.191 e. The van der Waals surface area contributed by atoms with Crippen molar-refractivity contribution in [3.63, 3.8) is 0 Å². The van der Waals surface area contributed by atoms with Gasteiger partial charge in [-0.3, -0.25) is 4.99 Å². The van der Waals surface area contributed by atoms with Crippen LogP contribution >= 0.6 is 24.0 Å². The summed E-state index contributed by atoms with van der Waals surface area (Å²) < 4.78 is 7.50. The minimum absolute atomic E-state index is 0. The highest BCUT2D eigenvalue weighted by molar-refractivity contribution is 14.0. The van der Waals surface area contributed by atoms with Gasteiger partial charge in [0.15, 0.2) is 5.96 Å². The van der Waals surface area contributed by atoms with E-state index in [1.807, 2.05) is 18.2 Å². The summed E-state index contributed by atoms with van der Waals surface area (Å²) in [5, 5.41) is 14.9. The van der Waals surface area contributed by atoms with Crippen LogP contribution in [0, 0.1) is 0 Å². The fourth-order valence-electron chi connectivity index (χ4n) is 2.78. The molecular formula is C20H33IN6O. The molecule has 0 unspecified atom stereocenters. The SMILES string of the molecule is CCCCN=C(NCCc1ccccc1OC)NCCn1cnnc1CC.I. The molecule has 1 heterocycles. The van der Waals surface area contributed by atoms with E-state index in [9.17, 15) is 0 Å². The third-order valence-electron chi connectivity index (χ3n) is 4.32. The van der Waals surface area contributed by atoms with Gasteiger partial charge in [-0.1, -0.05) is 38.5 Å². The van der Waals surface area contributed by atoms with Crippen LogP contribution in [-0.2, 0) is 19.4 Å². The van der Waals surface area contributed by atoms with E-state index in [1.165, 1.54) is 5.56 Å². The molecule has 0 fully saturated rings. The van der Waals surface area contributed by atoms with Crippen molar-refractivity contribution in [1.29, 1.82) is 0 Å². The molecule has 156 valence electrons. The molecular weight excluding hydrogens is 467 g/mol. The Morgan fingerprint density at radius 3 is 2.71 bits per heavy atom. The maximum absolute atomic E-state index is 5.42. The van der Waals surface area contributed by atoms with Gasteiger partial charge in [0.25, 0.3) is 0 Å². The normalized spacial score (nSPS) is 11.0. The molecule has 7 nitrogen and oxygen atoms in total. The van der Waals surface area contributed by atoms with Gasteiger partial charge in [0.1, 0.15) is 17.9 Å². The van der Waals surface area contributed by atoms with Crippen molar-refractivity contribution in [1.82, 2.24) is 25.4 Å². The Bertz CT molecular complexity index is 704. The molecule has 0 aliphatic rings. The number of rotatable bonds is 11. The maximum atomic E-state index is 5.42. The number of guanidine groups is 1. The number of nitrogens with zero attached hydrogens (tertiary/aromatic N) is 4. The molecule has 2 aromatic rings. The van der Waals surface area contributed by atoms with Crippen LogP contribution in [0.25, 0.3) is 0 Å². The van der Waals surface area contributed by atoms with Crippen LogP contribution in [0.1, 0.15) is 38.1 Å². The molecule has 8 heteroatoms. The van der Waals surface area contributed by atoms with Crippen LogP contribution in [0.3, 0.4) is 0 Å². The van der Waals surface area contributed by atoms with Crippen molar-refractivity contribution >= 4 is 29.9 Å². The number of halogens is 1. The van der Waals surface area contributed by atoms with E-state index >= 15 is 0 Å². The van der Waals surface area contributed by atoms with Gasteiger partial charge in [0.2, 0.25) is 0 Å². The van der Waals surface area contributed by atoms with E-state index in [4.69, 9.17) is 4.74 Å². The number of aliphatic imine (C=N–C) groups is 1. The molecule has 0 saturated carbocycles. The Hall–Kier alpha value is -1.84. The van der Waals surface area contributed by atoms with Crippen molar-refractivity contribution in [3.05, 3.63) is 42.0 Å². The standard InChI is InChI=1S/C20H32N6O.HI/c1-4-6-12-21-20(23-14-15-26-16-24-25-19(26)5-2)22-13-11-17-9-7-8-10-18(17)27-3;/h7-10,16H,4-6,11-15H2,1-3H3,(H2,21,22,23);1H. The number of hydrogen-bond acceptors (Lipinski definition) is 4. The van der Waals surface area contributed by atoms with E-state index in [0.717, 1.165) is 69.4 Å². The van der Waals surface area contributed by atoms with Crippen LogP contribution in [0.15, 0.2) is 35.6 Å². The fraction of sp³-hybridized carbons (Fsp3) is 0.550. The third-order valence-corrected chi connectivity index (χ3v) is 4.32. The molecule has 0 atom stereocenters. The van der Waals surface area contributed by atoms with Crippen LogP contribution in [0.2, 0.25) is 0 Å². The molecule has 0 radical (unpaired) electrons. The molecule has 0 bridgehead atoms. The zero-order valence-electron chi connectivity index (χ0n) is 17.1. The van der Waals surface area contributed by atoms with Gasteiger partial charge in [-0.15, -0.1) is 34.2 Å². The third kappa shape index (κ3) is 8.04. The number of aryl methyl sites for hydroxylation is 1. The highest BCUT2D eigenvalue weighted by atomic mass is 127. The van der Waals surface area contributed by atoms with E-state index in [2.05, 4.69) is 50.3 Å². The Kier molecular flexibility index (Phi) is 12.3. The first-order valence-corrected chi connectivity index (χ1v) is 9.79. The lowest BCUT2D eigenvalue weighted by molar-refractivity contribution is 0.409. The lowest BCUT2D eigenvalue weighted by atomic mass is 10.1. The van der Waals surface area contributed by atoms with Crippen LogP contribution in [0.5, 0.6) is 5.75 Å². The Morgan fingerprint density at radius 2 is 1.96 bits per heavy atom. The number of aromatic nitrogens is 3. The first-order chi connectivity index (χ1) is 13.3. The molecule has 2 rings (SSSR count). The molecule has 0 saturated heterocycles. The number of hydrogen-bond donors (Lipinski definition) is 2. The van der Waals surface area contributed by atoms with Gasteiger partial charge >= 0.3 is 0 Å². The molecule has 28 heavy (non-hydrogen) atoms. The molecule has 0 aliphatic carbocycles. The molecule has 1 aromatic heterocycles. The number of para-hydroxylation sites is 1. The van der Waals surface area contributed by atoms with Crippen LogP contribution < -0.4 is 15.4 Å². The van der Waals surface area contributed by atoms with Gasteiger partial charge < -0.3 is 19.9 Å². The summed E-state index contributed by atoms with van der Waals surface area (Å²) in [7, 11) is 1.71. The minimum Gasteiger partial charge on any atom is -0.496 e. The predicted octanol–water partition coefficient (Wildman–Crippen LogP) is 3.05. The van der Waals surface area contributed by atoms with Gasteiger partial charge in [-0.2, -0.15) is 0 Å². The van der Waals surface area contributed by atoms with Crippen molar-refractivity contribution in [2.24, 2.45) is 4.99 Å². The highest BCUT2D eigenvalue weighted by Gasteiger charge is 2.04. The first kappa shape index (κ1) is 24.2. The van der Waals surface area contributed by atoms with Crippen LogP contribution in [-0.4, -0.2) is 47.5 Å². The van der Waals surface area contributed by atoms with E-state index in [-0.39, 0.29) is 24.0 Å². The Balaban J connectivity index is 0.00000392. The van der Waals surface area contributed by atoms with Gasteiger partial charge in [0.05, 0.1) is 7.11 Å². The summed E-state index contributed by atoms with van der Waals surface area (Å²) in [6.07, 6.45) is 5.77. The average Bonchev–Trinajstić information content (AvgIpc) is 3.15. The zero-order valence-corrected chi connectivity index (χ0v) is 19.5. The fourth-order valence-corrected chi connectivity index (χ4v) is 2.78. The monoisotopic (exact) mass is 500 g/mol.